The smallest absolute Gasteiger partial charge is 0.233 e. The lowest BCUT2D eigenvalue weighted by molar-refractivity contribution is -0.129. The standard InChI is InChI=1S/C22H24N4OS/c27-20(16-28-22-23-21(24-25-22)19-9-5-2-6-10-19)26-13-11-18(12-14-26)15-17-7-3-1-4-8-17/h1-10,18H,11-16H2,(H,23,24,25). The maximum Gasteiger partial charge on any atom is 0.233 e. The third-order valence-corrected chi connectivity index (χ3v) is 6.00. The highest BCUT2D eigenvalue weighted by Gasteiger charge is 2.23. The fourth-order valence-corrected chi connectivity index (χ4v) is 4.29. The van der Waals surface area contributed by atoms with E-state index in [1.54, 1.807) is 0 Å². The van der Waals surface area contributed by atoms with Gasteiger partial charge in [-0.2, -0.15) is 0 Å². The van der Waals surface area contributed by atoms with Crippen LogP contribution in [0.25, 0.3) is 11.4 Å². The minimum absolute atomic E-state index is 0.175. The van der Waals surface area contributed by atoms with Crippen LogP contribution in [0.3, 0.4) is 0 Å². The fraction of sp³-hybridized carbons (Fsp3) is 0.318. The molecular formula is C22H24N4OS. The zero-order valence-electron chi connectivity index (χ0n) is 15.8. The van der Waals surface area contributed by atoms with Crippen molar-refractivity contribution in [3.8, 4) is 11.4 Å². The van der Waals surface area contributed by atoms with Crippen LogP contribution in [0.15, 0.2) is 65.8 Å². The summed E-state index contributed by atoms with van der Waals surface area (Å²) in [5, 5.41) is 7.79. The molecule has 2 heterocycles. The van der Waals surface area contributed by atoms with Crippen LogP contribution < -0.4 is 0 Å². The van der Waals surface area contributed by atoms with Crippen molar-refractivity contribution in [3.05, 3.63) is 66.2 Å². The third kappa shape index (κ3) is 4.81. The lowest BCUT2D eigenvalue weighted by Crippen LogP contribution is -2.39. The van der Waals surface area contributed by atoms with E-state index in [9.17, 15) is 4.79 Å². The Morgan fingerprint density at radius 3 is 2.43 bits per heavy atom. The molecular weight excluding hydrogens is 368 g/mol. The number of thioether (sulfide) groups is 1. The van der Waals surface area contributed by atoms with Crippen molar-refractivity contribution in [2.75, 3.05) is 18.8 Å². The van der Waals surface area contributed by atoms with Crippen molar-refractivity contribution in [2.24, 2.45) is 5.92 Å². The van der Waals surface area contributed by atoms with Gasteiger partial charge in [-0.05, 0) is 30.7 Å². The molecule has 5 nitrogen and oxygen atoms in total. The molecule has 1 amide bonds. The molecule has 4 rings (SSSR count). The van der Waals surface area contributed by atoms with Gasteiger partial charge in [-0.1, -0.05) is 72.4 Å². The molecule has 1 fully saturated rings. The number of carbonyl (C=O) groups is 1. The van der Waals surface area contributed by atoms with E-state index in [4.69, 9.17) is 0 Å². The summed E-state index contributed by atoms with van der Waals surface area (Å²) in [7, 11) is 0. The molecule has 1 saturated heterocycles. The Kier molecular flexibility index (Phi) is 6.07. The van der Waals surface area contributed by atoms with Crippen LogP contribution in [0.4, 0.5) is 0 Å². The molecule has 6 heteroatoms. The van der Waals surface area contributed by atoms with E-state index in [0.717, 1.165) is 43.7 Å². The maximum atomic E-state index is 12.6. The van der Waals surface area contributed by atoms with E-state index in [-0.39, 0.29) is 5.91 Å². The number of piperidine rings is 1. The molecule has 1 N–H and O–H groups in total. The van der Waals surface area contributed by atoms with Crippen molar-refractivity contribution in [1.29, 1.82) is 0 Å². The minimum atomic E-state index is 0.175. The van der Waals surface area contributed by atoms with E-state index in [2.05, 4.69) is 45.5 Å². The summed E-state index contributed by atoms with van der Waals surface area (Å²) in [6, 6.07) is 20.5. The number of H-pyrrole nitrogens is 1. The quantitative estimate of drug-likeness (QED) is 0.643. The van der Waals surface area contributed by atoms with Crippen molar-refractivity contribution < 1.29 is 4.79 Å². The van der Waals surface area contributed by atoms with E-state index in [1.165, 1.54) is 17.3 Å². The molecule has 2 aromatic carbocycles. The Hall–Kier alpha value is -2.60. The molecule has 0 radical (unpaired) electrons. The molecule has 3 aromatic rings. The van der Waals surface area contributed by atoms with Crippen LogP contribution >= 0.6 is 11.8 Å². The molecule has 0 spiro atoms. The van der Waals surface area contributed by atoms with E-state index >= 15 is 0 Å². The summed E-state index contributed by atoms with van der Waals surface area (Å²) in [5.41, 5.74) is 2.38. The average molecular weight is 393 g/mol. The number of aromatic nitrogens is 3. The Morgan fingerprint density at radius 1 is 1.04 bits per heavy atom. The number of hydrogen-bond donors (Lipinski definition) is 1. The number of aromatic amines is 1. The number of rotatable bonds is 6. The average Bonchev–Trinajstić information content (AvgIpc) is 3.23. The van der Waals surface area contributed by atoms with E-state index in [0.29, 0.717) is 16.8 Å². The van der Waals surface area contributed by atoms with Crippen LogP contribution in [-0.2, 0) is 11.2 Å². The Morgan fingerprint density at radius 2 is 1.71 bits per heavy atom. The molecule has 0 atom stereocenters. The van der Waals surface area contributed by atoms with Crippen LogP contribution in [-0.4, -0.2) is 44.8 Å². The van der Waals surface area contributed by atoms with Gasteiger partial charge in [0.15, 0.2) is 5.82 Å². The van der Waals surface area contributed by atoms with Crippen LogP contribution in [0.5, 0.6) is 0 Å². The number of likely N-dealkylation sites (tertiary alicyclic amines) is 1. The van der Waals surface area contributed by atoms with Gasteiger partial charge in [0, 0.05) is 18.7 Å². The topological polar surface area (TPSA) is 61.9 Å². The van der Waals surface area contributed by atoms with Crippen LogP contribution in [0.2, 0.25) is 0 Å². The lowest BCUT2D eigenvalue weighted by Gasteiger charge is -2.32. The van der Waals surface area contributed by atoms with Gasteiger partial charge in [0.05, 0.1) is 5.75 Å². The van der Waals surface area contributed by atoms with Crippen LogP contribution in [0, 0.1) is 5.92 Å². The summed E-state index contributed by atoms with van der Waals surface area (Å²) >= 11 is 1.40. The Labute approximate surface area is 169 Å². The van der Waals surface area contributed by atoms with Gasteiger partial charge in [-0.3, -0.25) is 9.89 Å². The number of hydrogen-bond acceptors (Lipinski definition) is 4. The SMILES string of the molecule is O=C(CSc1n[nH]c(-c2ccccc2)n1)N1CCC(Cc2ccccc2)CC1. The number of carbonyl (C=O) groups excluding carboxylic acids is 1. The highest BCUT2D eigenvalue weighted by molar-refractivity contribution is 7.99. The van der Waals surface area contributed by atoms with Gasteiger partial charge in [0.1, 0.15) is 0 Å². The van der Waals surface area contributed by atoms with Gasteiger partial charge in [-0.15, -0.1) is 5.10 Å². The van der Waals surface area contributed by atoms with Gasteiger partial charge < -0.3 is 4.90 Å². The molecule has 1 aromatic heterocycles. The van der Waals surface area contributed by atoms with Gasteiger partial charge in [0.25, 0.3) is 0 Å². The fourth-order valence-electron chi connectivity index (χ4n) is 3.59. The molecule has 1 aliphatic rings. The predicted octanol–water partition coefficient (Wildman–Crippen LogP) is 4.05. The zero-order valence-corrected chi connectivity index (χ0v) is 16.6. The first-order valence-electron chi connectivity index (χ1n) is 9.70. The number of amides is 1. The zero-order chi connectivity index (χ0) is 19.2. The first kappa shape index (κ1) is 18.7. The van der Waals surface area contributed by atoms with Gasteiger partial charge in [-0.25, -0.2) is 4.98 Å². The molecule has 144 valence electrons. The van der Waals surface area contributed by atoms with Gasteiger partial charge >= 0.3 is 0 Å². The van der Waals surface area contributed by atoms with Crippen molar-refractivity contribution in [1.82, 2.24) is 20.1 Å². The molecule has 0 aliphatic carbocycles. The summed E-state index contributed by atoms with van der Waals surface area (Å²) in [4.78, 5) is 19.0. The summed E-state index contributed by atoms with van der Waals surface area (Å²) < 4.78 is 0. The second kappa shape index (κ2) is 9.06. The highest BCUT2D eigenvalue weighted by atomic mass is 32.2. The Balaban J connectivity index is 1.23. The summed E-state index contributed by atoms with van der Waals surface area (Å²) in [6.07, 6.45) is 3.26. The molecule has 28 heavy (non-hydrogen) atoms. The van der Waals surface area contributed by atoms with Crippen molar-refractivity contribution in [3.63, 3.8) is 0 Å². The normalized spacial score (nSPS) is 14.9. The Bertz CT molecular complexity index is 889. The predicted molar refractivity (Wildman–Crippen MR) is 112 cm³/mol. The summed E-state index contributed by atoms with van der Waals surface area (Å²) in [6.45, 7) is 1.69. The monoisotopic (exact) mass is 392 g/mol. The number of nitrogens with one attached hydrogen (secondary N) is 1. The van der Waals surface area contributed by atoms with E-state index in [1.807, 2.05) is 35.2 Å². The summed E-state index contributed by atoms with van der Waals surface area (Å²) in [5.74, 6) is 1.96. The second-order valence-corrected chi connectivity index (χ2v) is 8.08. The van der Waals surface area contributed by atoms with Crippen LogP contribution in [0.1, 0.15) is 18.4 Å². The number of nitrogens with zero attached hydrogens (tertiary/aromatic N) is 3. The highest BCUT2D eigenvalue weighted by Crippen LogP contribution is 2.23. The first-order valence-corrected chi connectivity index (χ1v) is 10.7. The van der Waals surface area contributed by atoms with E-state index < -0.39 is 0 Å². The minimum Gasteiger partial charge on any atom is -0.342 e. The lowest BCUT2D eigenvalue weighted by atomic mass is 9.90. The van der Waals surface area contributed by atoms with Crippen molar-refractivity contribution >= 4 is 17.7 Å². The first-order chi connectivity index (χ1) is 13.8. The van der Waals surface area contributed by atoms with Gasteiger partial charge in [0.2, 0.25) is 11.1 Å². The molecule has 0 saturated carbocycles. The molecule has 1 aliphatic heterocycles. The number of benzene rings is 2. The second-order valence-electron chi connectivity index (χ2n) is 7.14. The molecule has 0 unspecified atom stereocenters. The molecule has 0 bridgehead atoms. The van der Waals surface area contributed by atoms with Crippen molar-refractivity contribution in [2.45, 2.75) is 24.4 Å². The third-order valence-electron chi connectivity index (χ3n) is 5.17. The maximum absolute atomic E-state index is 12.6. The largest absolute Gasteiger partial charge is 0.342 e.